The number of amides is 2. The quantitative estimate of drug-likeness (QED) is 0.310. The van der Waals surface area contributed by atoms with Crippen molar-refractivity contribution < 1.29 is 27.2 Å². The summed E-state index contributed by atoms with van der Waals surface area (Å²) >= 11 is 0. The summed E-state index contributed by atoms with van der Waals surface area (Å²) in [5.74, 6) is -1.03. The molecule has 1 atom stereocenters. The van der Waals surface area contributed by atoms with Crippen LogP contribution in [0.3, 0.4) is 0 Å². The molecule has 5 rings (SSSR count). The van der Waals surface area contributed by atoms with Crippen LogP contribution in [0.4, 0.5) is 19.0 Å². The molecule has 1 saturated heterocycles. The normalized spacial score (nSPS) is 15.8. The van der Waals surface area contributed by atoms with Crippen molar-refractivity contribution in [3.05, 3.63) is 88.6 Å². The lowest BCUT2D eigenvalue weighted by molar-refractivity contribution is -0.138. The minimum Gasteiger partial charge on any atom is -0.468 e. The number of piperidine rings is 1. The number of anilines is 1. The summed E-state index contributed by atoms with van der Waals surface area (Å²) in [7, 11) is 0. The van der Waals surface area contributed by atoms with E-state index >= 15 is 0 Å². The van der Waals surface area contributed by atoms with Crippen molar-refractivity contribution in [1.29, 1.82) is 0 Å². The number of nitrogens with one attached hydrogen (secondary N) is 2. The Morgan fingerprint density at radius 2 is 1.95 bits per heavy atom. The van der Waals surface area contributed by atoms with Crippen LogP contribution in [0.15, 0.2) is 59.3 Å². The molecule has 202 valence electrons. The van der Waals surface area contributed by atoms with E-state index in [4.69, 9.17) is 4.42 Å². The van der Waals surface area contributed by atoms with Crippen LogP contribution in [0.2, 0.25) is 0 Å². The maximum Gasteiger partial charge on any atom is 0.420 e. The summed E-state index contributed by atoms with van der Waals surface area (Å²) in [5.41, 5.74) is 1.65. The topological polar surface area (TPSA) is 104 Å². The van der Waals surface area contributed by atoms with Crippen LogP contribution in [0.1, 0.15) is 68.6 Å². The van der Waals surface area contributed by atoms with Gasteiger partial charge in [-0.05, 0) is 51.3 Å². The molecular weight excluding hydrogens is 511 g/mol. The van der Waals surface area contributed by atoms with E-state index in [0.717, 1.165) is 17.5 Å². The van der Waals surface area contributed by atoms with E-state index in [1.807, 2.05) is 31.2 Å². The van der Waals surface area contributed by atoms with Crippen LogP contribution in [-0.4, -0.2) is 38.4 Å². The Hall–Kier alpha value is -4.41. The molecule has 0 radical (unpaired) electrons. The smallest absolute Gasteiger partial charge is 0.420 e. The van der Waals surface area contributed by atoms with Gasteiger partial charge in [-0.15, -0.1) is 0 Å². The summed E-state index contributed by atoms with van der Waals surface area (Å²) in [4.78, 5) is 32.3. The summed E-state index contributed by atoms with van der Waals surface area (Å²) in [6, 6.07) is 12.1. The Morgan fingerprint density at radius 3 is 2.72 bits per heavy atom. The molecule has 4 heterocycles. The van der Waals surface area contributed by atoms with Crippen molar-refractivity contribution >= 4 is 17.6 Å². The van der Waals surface area contributed by atoms with Gasteiger partial charge in [-0.25, -0.2) is 0 Å². The first kappa shape index (κ1) is 26.2. The summed E-state index contributed by atoms with van der Waals surface area (Å²) in [6.07, 6.45) is -0.568. The molecule has 3 aromatic heterocycles. The van der Waals surface area contributed by atoms with Gasteiger partial charge in [0.15, 0.2) is 5.82 Å². The van der Waals surface area contributed by atoms with E-state index in [1.54, 1.807) is 24.4 Å². The molecule has 11 heteroatoms. The summed E-state index contributed by atoms with van der Waals surface area (Å²) in [5, 5.41) is 9.81. The lowest BCUT2D eigenvalue weighted by Crippen LogP contribution is -2.39. The number of halogens is 3. The number of aryl methyl sites for hydroxylation is 2. The van der Waals surface area contributed by atoms with Crippen molar-refractivity contribution in [2.75, 3.05) is 11.9 Å². The zero-order valence-corrected chi connectivity index (χ0v) is 21.3. The molecule has 0 bridgehead atoms. The predicted octanol–water partition coefficient (Wildman–Crippen LogP) is 6.32. The molecule has 1 fully saturated rings. The first-order chi connectivity index (χ1) is 18.6. The second-order valence-corrected chi connectivity index (χ2v) is 9.52. The zero-order chi connectivity index (χ0) is 27.7. The van der Waals surface area contributed by atoms with E-state index in [0.29, 0.717) is 36.1 Å². The summed E-state index contributed by atoms with van der Waals surface area (Å²) in [6.45, 7) is 3.57. The van der Waals surface area contributed by atoms with Crippen molar-refractivity contribution in [3.8, 4) is 11.3 Å². The fourth-order valence-electron chi connectivity index (χ4n) is 4.94. The molecule has 8 nitrogen and oxygen atoms in total. The molecule has 0 aliphatic carbocycles. The number of hydrogen-bond donors (Lipinski definition) is 2. The number of pyridine rings is 1. The molecule has 39 heavy (non-hydrogen) atoms. The number of aromatic amines is 1. The largest absolute Gasteiger partial charge is 0.468 e. The minimum absolute atomic E-state index is 0.0879. The van der Waals surface area contributed by atoms with Crippen LogP contribution < -0.4 is 5.32 Å². The van der Waals surface area contributed by atoms with Gasteiger partial charge in [0.1, 0.15) is 17.6 Å². The second-order valence-electron chi connectivity index (χ2n) is 9.52. The van der Waals surface area contributed by atoms with Crippen LogP contribution in [0.5, 0.6) is 0 Å². The van der Waals surface area contributed by atoms with E-state index in [9.17, 15) is 22.8 Å². The Bertz CT molecular complexity index is 1520. The van der Waals surface area contributed by atoms with Crippen LogP contribution in [-0.2, 0) is 6.18 Å². The fraction of sp³-hybridized carbons (Fsp3) is 0.286. The van der Waals surface area contributed by atoms with Crippen molar-refractivity contribution in [2.24, 2.45) is 0 Å². The average molecular weight is 538 g/mol. The summed E-state index contributed by atoms with van der Waals surface area (Å²) < 4.78 is 45.6. The molecule has 1 aromatic carbocycles. The molecule has 1 aliphatic rings. The van der Waals surface area contributed by atoms with Gasteiger partial charge >= 0.3 is 6.18 Å². The molecule has 2 amide bonds. The third kappa shape index (κ3) is 5.29. The van der Waals surface area contributed by atoms with Gasteiger partial charge in [0.2, 0.25) is 0 Å². The highest BCUT2D eigenvalue weighted by atomic mass is 19.4. The number of likely N-dealkylation sites (tertiary alicyclic amines) is 1. The first-order valence-electron chi connectivity index (χ1n) is 12.5. The van der Waals surface area contributed by atoms with Gasteiger partial charge < -0.3 is 14.6 Å². The lowest BCUT2D eigenvalue weighted by Gasteiger charge is -2.35. The number of aromatic nitrogens is 3. The van der Waals surface area contributed by atoms with Gasteiger partial charge in [0.05, 0.1) is 28.6 Å². The third-order valence-corrected chi connectivity index (χ3v) is 6.80. The van der Waals surface area contributed by atoms with Gasteiger partial charge in [0.25, 0.3) is 11.8 Å². The van der Waals surface area contributed by atoms with Crippen LogP contribution in [0.25, 0.3) is 11.3 Å². The third-order valence-electron chi connectivity index (χ3n) is 6.80. The fourth-order valence-corrected chi connectivity index (χ4v) is 4.94. The number of nitrogens with zero attached hydrogens (tertiary/aromatic N) is 3. The number of H-pyrrole nitrogens is 1. The Labute approximate surface area is 222 Å². The highest BCUT2D eigenvalue weighted by Gasteiger charge is 2.41. The monoisotopic (exact) mass is 537 g/mol. The molecular formula is C28H26F3N5O3. The number of rotatable bonds is 5. The minimum atomic E-state index is -4.72. The number of hydrogen-bond acceptors (Lipinski definition) is 5. The van der Waals surface area contributed by atoms with Crippen LogP contribution >= 0.6 is 0 Å². The maximum absolute atomic E-state index is 13.5. The average Bonchev–Trinajstić information content (AvgIpc) is 3.55. The van der Waals surface area contributed by atoms with Gasteiger partial charge in [-0.1, -0.05) is 23.8 Å². The van der Waals surface area contributed by atoms with E-state index < -0.39 is 35.2 Å². The number of benzene rings is 1. The van der Waals surface area contributed by atoms with Crippen molar-refractivity contribution in [2.45, 2.75) is 45.3 Å². The Balaban J connectivity index is 1.38. The molecule has 1 unspecified atom stereocenters. The maximum atomic E-state index is 13.5. The van der Waals surface area contributed by atoms with Crippen molar-refractivity contribution in [1.82, 2.24) is 20.1 Å². The van der Waals surface area contributed by atoms with Gasteiger partial charge in [-0.3, -0.25) is 19.7 Å². The first-order valence-corrected chi connectivity index (χ1v) is 12.5. The number of furan rings is 1. The highest BCUT2D eigenvalue weighted by molar-refractivity contribution is 6.07. The number of carbonyl (C=O) groups excluding carboxylic acids is 2. The van der Waals surface area contributed by atoms with Crippen LogP contribution in [0, 0.1) is 13.8 Å². The lowest BCUT2D eigenvalue weighted by atomic mass is 9.97. The van der Waals surface area contributed by atoms with E-state index in [2.05, 4.69) is 20.5 Å². The molecule has 2 N–H and O–H groups in total. The van der Waals surface area contributed by atoms with E-state index in [1.165, 1.54) is 11.8 Å². The molecule has 4 aromatic rings. The zero-order valence-electron chi connectivity index (χ0n) is 21.3. The Morgan fingerprint density at radius 1 is 1.13 bits per heavy atom. The van der Waals surface area contributed by atoms with Crippen molar-refractivity contribution in [3.63, 3.8) is 0 Å². The Kier molecular flexibility index (Phi) is 6.98. The second kappa shape index (κ2) is 10.4. The highest BCUT2D eigenvalue weighted by Crippen LogP contribution is 2.38. The SMILES string of the molecule is Cc1cccc(-c2ncccc2C(=O)Nc2cc(C3CCCCN3C(=O)c3c(C(F)(F)F)coc3C)[nH]n2)c1. The predicted molar refractivity (Wildman–Crippen MR) is 137 cm³/mol. The van der Waals surface area contributed by atoms with Gasteiger partial charge in [-0.2, -0.15) is 18.3 Å². The molecule has 0 saturated carbocycles. The van der Waals surface area contributed by atoms with E-state index in [-0.39, 0.29) is 18.1 Å². The number of carbonyl (C=O) groups is 2. The van der Waals surface area contributed by atoms with Gasteiger partial charge in [0, 0.05) is 24.4 Å². The number of alkyl halides is 3. The molecule has 0 spiro atoms. The standard InChI is InChI=1S/C28H26F3N5O3/c1-16-7-5-8-18(13-16)25-19(9-6-11-32-25)26(37)33-23-14-21(34-35-23)22-10-3-4-12-36(22)27(38)24-17(2)39-15-20(24)28(29,30)31/h5-9,11,13-15,22H,3-4,10,12H2,1-2H3,(H2,33,34,35,37). The molecule has 1 aliphatic heterocycles.